The molecule has 1 aliphatic rings. The Balaban J connectivity index is 2.00. The SMILES string of the molecule is O=C(O)CN(C(=O)c1cccc2ccccc12)C1CC1. The lowest BCUT2D eigenvalue weighted by atomic mass is 10.0. The molecule has 1 aliphatic carbocycles. The number of carboxylic acid groups (broad SMARTS) is 1. The molecule has 0 spiro atoms. The fourth-order valence-electron chi connectivity index (χ4n) is 2.47. The van der Waals surface area contributed by atoms with Crippen LogP contribution in [0.3, 0.4) is 0 Å². The second-order valence-electron chi connectivity index (χ2n) is 5.08. The average molecular weight is 269 g/mol. The van der Waals surface area contributed by atoms with Crippen molar-refractivity contribution in [3.05, 3.63) is 48.0 Å². The molecule has 0 saturated heterocycles. The van der Waals surface area contributed by atoms with Crippen molar-refractivity contribution in [3.8, 4) is 0 Å². The lowest BCUT2D eigenvalue weighted by Crippen LogP contribution is -2.37. The third-order valence-electron chi connectivity index (χ3n) is 3.57. The van der Waals surface area contributed by atoms with Gasteiger partial charge in [-0.1, -0.05) is 36.4 Å². The Hall–Kier alpha value is -2.36. The molecule has 0 radical (unpaired) electrons. The summed E-state index contributed by atoms with van der Waals surface area (Å²) >= 11 is 0. The lowest BCUT2D eigenvalue weighted by molar-refractivity contribution is -0.137. The highest BCUT2D eigenvalue weighted by Gasteiger charge is 2.34. The van der Waals surface area contributed by atoms with E-state index in [1.165, 1.54) is 4.90 Å². The van der Waals surface area contributed by atoms with Crippen LogP contribution in [-0.2, 0) is 4.79 Å². The molecule has 2 aromatic carbocycles. The van der Waals surface area contributed by atoms with Crippen LogP contribution in [0.15, 0.2) is 42.5 Å². The number of fused-ring (bicyclic) bond motifs is 1. The molecule has 102 valence electrons. The fourth-order valence-corrected chi connectivity index (χ4v) is 2.47. The Morgan fingerprint density at radius 3 is 2.50 bits per heavy atom. The Morgan fingerprint density at radius 1 is 1.10 bits per heavy atom. The van der Waals surface area contributed by atoms with Gasteiger partial charge in [0.05, 0.1) is 0 Å². The summed E-state index contributed by atoms with van der Waals surface area (Å²) in [6, 6.07) is 13.3. The van der Waals surface area contributed by atoms with E-state index in [0.29, 0.717) is 5.56 Å². The van der Waals surface area contributed by atoms with E-state index in [4.69, 9.17) is 5.11 Å². The second-order valence-corrected chi connectivity index (χ2v) is 5.08. The molecule has 2 aromatic rings. The molecule has 0 atom stereocenters. The van der Waals surface area contributed by atoms with Crippen molar-refractivity contribution in [1.29, 1.82) is 0 Å². The van der Waals surface area contributed by atoms with Crippen LogP contribution in [0.2, 0.25) is 0 Å². The van der Waals surface area contributed by atoms with Crippen LogP contribution in [0.4, 0.5) is 0 Å². The monoisotopic (exact) mass is 269 g/mol. The molecule has 4 heteroatoms. The van der Waals surface area contributed by atoms with Gasteiger partial charge in [-0.15, -0.1) is 0 Å². The third kappa shape index (κ3) is 2.37. The molecule has 20 heavy (non-hydrogen) atoms. The molecule has 0 bridgehead atoms. The summed E-state index contributed by atoms with van der Waals surface area (Å²) in [7, 11) is 0. The first kappa shape index (κ1) is 12.7. The van der Waals surface area contributed by atoms with E-state index in [9.17, 15) is 9.59 Å². The van der Waals surface area contributed by atoms with Crippen LogP contribution in [-0.4, -0.2) is 34.5 Å². The summed E-state index contributed by atoms with van der Waals surface area (Å²) in [5.74, 6) is -1.16. The molecule has 0 aromatic heterocycles. The summed E-state index contributed by atoms with van der Waals surface area (Å²) in [6.07, 6.45) is 1.79. The molecule has 1 saturated carbocycles. The zero-order valence-corrected chi connectivity index (χ0v) is 11.0. The van der Waals surface area contributed by atoms with E-state index in [2.05, 4.69) is 0 Å². The highest BCUT2D eigenvalue weighted by Crippen LogP contribution is 2.29. The quantitative estimate of drug-likeness (QED) is 0.927. The van der Waals surface area contributed by atoms with Gasteiger partial charge in [-0.3, -0.25) is 9.59 Å². The Kier molecular flexibility index (Phi) is 3.14. The van der Waals surface area contributed by atoms with Crippen LogP contribution in [0, 0.1) is 0 Å². The maximum absolute atomic E-state index is 12.6. The van der Waals surface area contributed by atoms with Crippen molar-refractivity contribution in [2.75, 3.05) is 6.54 Å². The van der Waals surface area contributed by atoms with E-state index >= 15 is 0 Å². The number of nitrogens with zero attached hydrogens (tertiary/aromatic N) is 1. The number of benzene rings is 2. The fraction of sp³-hybridized carbons (Fsp3) is 0.250. The normalized spacial score (nSPS) is 14.2. The predicted molar refractivity (Wildman–Crippen MR) is 75.6 cm³/mol. The summed E-state index contributed by atoms with van der Waals surface area (Å²) in [5.41, 5.74) is 0.580. The maximum Gasteiger partial charge on any atom is 0.323 e. The van der Waals surface area contributed by atoms with Crippen molar-refractivity contribution in [3.63, 3.8) is 0 Å². The van der Waals surface area contributed by atoms with Gasteiger partial charge in [0.25, 0.3) is 5.91 Å². The van der Waals surface area contributed by atoms with Crippen LogP contribution in [0.1, 0.15) is 23.2 Å². The van der Waals surface area contributed by atoms with Gasteiger partial charge in [-0.05, 0) is 29.7 Å². The minimum absolute atomic E-state index is 0.0811. The molecule has 1 amide bonds. The highest BCUT2D eigenvalue weighted by molar-refractivity contribution is 6.07. The van der Waals surface area contributed by atoms with Gasteiger partial charge in [0, 0.05) is 11.6 Å². The van der Waals surface area contributed by atoms with Gasteiger partial charge in [0.2, 0.25) is 0 Å². The van der Waals surface area contributed by atoms with Gasteiger partial charge < -0.3 is 10.0 Å². The number of aliphatic carboxylic acids is 1. The van der Waals surface area contributed by atoms with Crippen LogP contribution in [0.5, 0.6) is 0 Å². The molecule has 1 fully saturated rings. The summed E-state index contributed by atoms with van der Waals surface area (Å²) in [5, 5.41) is 10.8. The van der Waals surface area contributed by atoms with Crippen LogP contribution >= 0.6 is 0 Å². The van der Waals surface area contributed by atoms with E-state index in [0.717, 1.165) is 23.6 Å². The Bertz CT molecular complexity index is 671. The smallest absolute Gasteiger partial charge is 0.323 e. The standard InChI is InChI=1S/C16H15NO3/c18-15(19)10-17(12-8-9-12)16(20)14-7-3-5-11-4-1-2-6-13(11)14/h1-7,12H,8-10H2,(H,18,19). The number of hydrogen-bond donors (Lipinski definition) is 1. The first-order chi connectivity index (χ1) is 9.66. The van der Waals surface area contributed by atoms with Gasteiger partial charge in [-0.2, -0.15) is 0 Å². The first-order valence-corrected chi connectivity index (χ1v) is 6.67. The largest absolute Gasteiger partial charge is 0.480 e. The van der Waals surface area contributed by atoms with E-state index in [1.807, 2.05) is 36.4 Å². The zero-order valence-electron chi connectivity index (χ0n) is 11.0. The molecule has 0 heterocycles. The molecule has 3 rings (SSSR count). The number of amides is 1. The molecule has 4 nitrogen and oxygen atoms in total. The van der Waals surface area contributed by atoms with E-state index < -0.39 is 5.97 Å². The molecule has 0 unspecified atom stereocenters. The first-order valence-electron chi connectivity index (χ1n) is 6.67. The van der Waals surface area contributed by atoms with Gasteiger partial charge in [-0.25, -0.2) is 0 Å². The summed E-state index contributed by atoms with van der Waals surface area (Å²) < 4.78 is 0. The summed E-state index contributed by atoms with van der Waals surface area (Å²) in [4.78, 5) is 25.1. The zero-order chi connectivity index (χ0) is 14.1. The van der Waals surface area contributed by atoms with Gasteiger partial charge in [0.1, 0.15) is 6.54 Å². The molecular weight excluding hydrogens is 254 g/mol. The van der Waals surface area contributed by atoms with E-state index in [1.54, 1.807) is 6.07 Å². The number of carbonyl (C=O) groups is 2. The Morgan fingerprint density at radius 2 is 1.80 bits per heavy atom. The second kappa shape index (κ2) is 4.96. The van der Waals surface area contributed by atoms with E-state index in [-0.39, 0.29) is 18.5 Å². The van der Waals surface area contributed by atoms with Crippen molar-refractivity contribution in [2.24, 2.45) is 0 Å². The number of carboxylic acids is 1. The number of hydrogen-bond acceptors (Lipinski definition) is 2. The van der Waals surface area contributed by atoms with Gasteiger partial charge >= 0.3 is 5.97 Å². The summed E-state index contributed by atoms with van der Waals surface area (Å²) in [6.45, 7) is -0.229. The Labute approximate surface area is 116 Å². The predicted octanol–water partition coefficient (Wildman–Crippen LogP) is 2.53. The topological polar surface area (TPSA) is 57.6 Å². The molecular formula is C16H15NO3. The number of carbonyl (C=O) groups excluding carboxylic acids is 1. The minimum Gasteiger partial charge on any atom is -0.480 e. The third-order valence-corrected chi connectivity index (χ3v) is 3.57. The molecule has 0 aliphatic heterocycles. The minimum atomic E-state index is -0.967. The van der Waals surface area contributed by atoms with Crippen molar-refractivity contribution in [2.45, 2.75) is 18.9 Å². The molecule has 1 N–H and O–H groups in total. The lowest BCUT2D eigenvalue weighted by Gasteiger charge is -2.21. The van der Waals surface area contributed by atoms with Crippen molar-refractivity contribution < 1.29 is 14.7 Å². The van der Waals surface area contributed by atoms with Crippen molar-refractivity contribution in [1.82, 2.24) is 4.90 Å². The number of rotatable bonds is 4. The van der Waals surface area contributed by atoms with Crippen LogP contribution in [0.25, 0.3) is 10.8 Å². The highest BCUT2D eigenvalue weighted by atomic mass is 16.4. The van der Waals surface area contributed by atoms with Crippen molar-refractivity contribution >= 4 is 22.6 Å². The van der Waals surface area contributed by atoms with Crippen LogP contribution < -0.4 is 0 Å². The van der Waals surface area contributed by atoms with Gasteiger partial charge in [0.15, 0.2) is 0 Å². The maximum atomic E-state index is 12.6. The average Bonchev–Trinajstić information content (AvgIpc) is 3.28.